The number of aliphatic carboxylic acids is 1. The SMILES string of the molecule is CC1=CC[C@H](C(=O)O)[C@@H](C(=O)Nc2nc3ccccc3s2)C1. The van der Waals surface area contributed by atoms with Crippen LogP contribution in [0, 0.1) is 11.8 Å². The van der Waals surface area contributed by atoms with Crippen molar-refractivity contribution in [3.05, 3.63) is 35.9 Å². The predicted molar refractivity (Wildman–Crippen MR) is 85.9 cm³/mol. The van der Waals surface area contributed by atoms with Crippen molar-refractivity contribution in [2.45, 2.75) is 19.8 Å². The molecule has 1 aliphatic carbocycles. The highest BCUT2D eigenvalue weighted by Crippen LogP contribution is 2.32. The lowest BCUT2D eigenvalue weighted by Gasteiger charge is -2.26. The first-order valence-electron chi connectivity index (χ1n) is 7.09. The van der Waals surface area contributed by atoms with E-state index in [9.17, 15) is 14.7 Å². The zero-order valence-electron chi connectivity index (χ0n) is 12.1. The van der Waals surface area contributed by atoms with Crippen LogP contribution in [0.4, 0.5) is 5.13 Å². The number of carbonyl (C=O) groups is 2. The van der Waals surface area contributed by atoms with E-state index in [0.29, 0.717) is 18.0 Å². The Morgan fingerprint density at radius 2 is 2.09 bits per heavy atom. The summed E-state index contributed by atoms with van der Waals surface area (Å²) in [7, 11) is 0. The van der Waals surface area contributed by atoms with Crippen LogP contribution in [0.3, 0.4) is 0 Å². The molecule has 0 fully saturated rings. The van der Waals surface area contributed by atoms with Gasteiger partial charge in [-0.1, -0.05) is 35.1 Å². The topological polar surface area (TPSA) is 79.3 Å². The van der Waals surface area contributed by atoms with Gasteiger partial charge in [-0.05, 0) is 31.9 Å². The lowest BCUT2D eigenvalue weighted by Crippen LogP contribution is -2.35. The van der Waals surface area contributed by atoms with Gasteiger partial charge in [-0.3, -0.25) is 9.59 Å². The summed E-state index contributed by atoms with van der Waals surface area (Å²) in [5.41, 5.74) is 1.89. The van der Waals surface area contributed by atoms with Gasteiger partial charge in [0, 0.05) is 0 Å². The number of aromatic nitrogens is 1. The summed E-state index contributed by atoms with van der Waals surface area (Å²) in [5, 5.41) is 12.6. The molecule has 0 saturated carbocycles. The maximum absolute atomic E-state index is 12.5. The van der Waals surface area contributed by atoms with E-state index in [1.54, 1.807) is 0 Å². The molecule has 114 valence electrons. The molecule has 6 heteroatoms. The van der Waals surface area contributed by atoms with Gasteiger partial charge in [-0.2, -0.15) is 0 Å². The number of fused-ring (bicyclic) bond motifs is 1. The Morgan fingerprint density at radius 1 is 1.32 bits per heavy atom. The van der Waals surface area contributed by atoms with E-state index in [-0.39, 0.29) is 5.91 Å². The van der Waals surface area contributed by atoms with Crippen molar-refractivity contribution in [2.24, 2.45) is 11.8 Å². The summed E-state index contributed by atoms with van der Waals surface area (Å²) in [6.45, 7) is 1.93. The van der Waals surface area contributed by atoms with Crippen molar-refractivity contribution >= 4 is 38.6 Å². The van der Waals surface area contributed by atoms with E-state index in [4.69, 9.17) is 0 Å². The maximum atomic E-state index is 12.5. The van der Waals surface area contributed by atoms with Crippen LogP contribution in [-0.4, -0.2) is 22.0 Å². The van der Waals surface area contributed by atoms with E-state index in [2.05, 4.69) is 10.3 Å². The van der Waals surface area contributed by atoms with Gasteiger partial charge in [0.2, 0.25) is 5.91 Å². The van der Waals surface area contributed by atoms with Crippen molar-refractivity contribution in [2.75, 3.05) is 5.32 Å². The van der Waals surface area contributed by atoms with Crippen LogP contribution in [-0.2, 0) is 9.59 Å². The fraction of sp³-hybridized carbons (Fsp3) is 0.312. The van der Waals surface area contributed by atoms with Crippen molar-refractivity contribution in [3.63, 3.8) is 0 Å². The molecule has 0 unspecified atom stereocenters. The molecule has 5 nitrogen and oxygen atoms in total. The number of carboxylic acid groups (broad SMARTS) is 1. The molecule has 0 saturated heterocycles. The van der Waals surface area contributed by atoms with Gasteiger partial charge < -0.3 is 10.4 Å². The van der Waals surface area contributed by atoms with Crippen LogP contribution >= 0.6 is 11.3 Å². The van der Waals surface area contributed by atoms with Crippen molar-refractivity contribution in [1.82, 2.24) is 4.98 Å². The molecule has 0 aliphatic heterocycles. The standard InChI is InChI=1S/C16H16N2O3S/c1-9-6-7-10(15(20)21)11(8-9)14(19)18-16-17-12-4-2-3-5-13(12)22-16/h2-6,10-11H,7-8H2,1H3,(H,20,21)(H,17,18,19)/t10-,11-/m0/s1. The quantitative estimate of drug-likeness (QED) is 0.852. The first-order valence-corrected chi connectivity index (χ1v) is 7.91. The Morgan fingerprint density at radius 3 is 2.82 bits per heavy atom. The summed E-state index contributed by atoms with van der Waals surface area (Å²) in [4.78, 5) is 28.2. The summed E-state index contributed by atoms with van der Waals surface area (Å²) in [5.74, 6) is -2.40. The number of anilines is 1. The molecule has 2 atom stereocenters. The maximum Gasteiger partial charge on any atom is 0.307 e. The second-order valence-corrected chi connectivity index (χ2v) is 6.55. The summed E-state index contributed by atoms with van der Waals surface area (Å²) in [6, 6.07) is 7.64. The predicted octanol–water partition coefficient (Wildman–Crippen LogP) is 3.29. The fourth-order valence-corrected chi connectivity index (χ4v) is 3.61. The Balaban J connectivity index is 1.80. The van der Waals surface area contributed by atoms with E-state index >= 15 is 0 Å². The molecule has 3 rings (SSSR count). The number of amides is 1. The Kier molecular flexibility index (Phi) is 3.94. The van der Waals surface area contributed by atoms with Crippen LogP contribution in [0.1, 0.15) is 19.8 Å². The first-order chi connectivity index (χ1) is 10.5. The van der Waals surface area contributed by atoms with Crippen LogP contribution in [0.5, 0.6) is 0 Å². The van der Waals surface area contributed by atoms with E-state index in [1.165, 1.54) is 11.3 Å². The second kappa shape index (κ2) is 5.88. The minimum atomic E-state index is -0.923. The van der Waals surface area contributed by atoms with Crippen LogP contribution in [0.25, 0.3) is 10.2 Å². The average molecular weight is 316 g/mol. The lowest BCUT2D eigenvalue weighted by molar-refractivity contribution is -0.146. The smallest absolute Gasteiger partial charge is 0.307 e. The van der Waals surface area contributed by atoms with Crippen LogP contribution in [0.2, 0.25) is 0 Å². The normalized spacial score (nSPS) is 21.4. The molecule has 2 aromatic rings. The molecule has 0 radical (unpaired) electrons. The van der Waals surface area contributed by atoms with Gasteiger partial charge in [0.25, 0.3) is 0 Å². The van der Waals surface area contributed by atoms with Gasteiger partial charge in [-0.25, -0.2) is 4.98 Å². The van der Waals surface area contributed by atoms with Gasteiger partial charge in [0.05, 0.1) is 22.1 Å². The average Bonchev–Trinajstić information content (AvgIpc) is 2.88. The second-order valence-electron chi connectivity index (χ2n) is 5.52. The highest BCUT2D eigenvalue weighted by Gasteiger charge is 2.35. The Labute approximate surface area is 131 Å². The molecule has 1 heterocycles. The van der Waals surface area contributed by atoms with Crippen molar-refractivity contribution in [1.29, 1.82) is 0 Å². The largest absolute Gasteiger partial charge is 0.481 e. The zero-order chi connectivity index (χ0) is 15.7. The molecular formula is C16H16N2O3S. The van der Waals surface area contributed by atoms with Gasteiger partial charge in [0.15, 0.2) is 5.13 Å². The van der Waals surface area contributed by atoms with Crippen LogP contribution in [0.15, 0.2) is 35.9 Å². The van der Waals surface area contributed by atoms with E-state index in [1.807, 2.05) is 37.3 Å². The number of thiazole rings is 1. The highest BCUT2D eigenvalue weighted by atomic mass is 32.1. The molecule has 22 heavy (non-hydrogen) atoms. The fourth-order valence-electron chi connectivity index (χ4n) is 2.74. The van der Waals surface area contributed by atoms with Crippen molar-refractivity contribution < 1.29 is 14.7 Å². The third-order valence-electron chi connectivity index (χ3n) is 3.93. The molecule has 1 aromatic heterocycles. The minimum absolute atomic E-state index is 0.265. The van der Waals surface area contributed by atoms with Gasteiger partial charge in [0.1, 0.15) is 0 Å². The number of nitrogens with one attached hydrogen (secondary N) is 1. The molecular weight excluding hydrogens is 300 g/mol. The number of carbonyl (C=O) groups excluding carboxylic acids is 1. The molecule has 2 N–H and O–H groups in total. The number of allylic oxidation sites excluding steroid dienone is 2. The molecule has 0 bridgehead atoms. The number of rotatable bonds is 3. The number of benzene rings is 1. The number of para-hydroxylation sites is 1. The summed E-state index contributed by atoms with van der Waals surface area (Å²) < 4.78 is 0.993. The van der Waals surface area contributed by atoms with Gasteiger partial charge in [-0.15, -0.1) is 0 Å². The Hall–Kier alpha value is -2.21. The molecule has 1 amide bonds. The monoisotopic (exact) mass is 316 g/mol. The number of nitrogens with zero attached hydrogens (tertiary/aromatic N) is 1. The lowest BCUT2D eigenvalue weighted by atomic mass is 9.79. The molecule has 0 spiro atoms. The zero-order valence-corrected chi connectivity index (χ0v) is 12.9. The third-order valence-corrected chi connectivity index (χ3v) is 4.88. The third kappa shape index (κ3) is 2.87. The summed E-state index contributed by atoms with van der Waals surface area (Å²) >= 11 is 1.39. The van der Waals surface area contributed by atoms with Crippen molar-refractivity contribution in [3.8, 4) is 0 Å². The van der Waals surface area contributed by atoms with E-state index in [0.717, 1.165) is 15.8 Å². The number of hydrogen-bond donors (Lipinski definition) is 2. The molecule has 1 aromatic carbocycles. The first kappa shape index (κ1) is 14.7. The molecule has 1 aliphatic rings. The van der Waals surface area contributed by atoms with Crippen LogP contribution < -0.4 is 5.32 Å². The highest BCUT2D eigenvalue weighted by molar-refractivity contribution is 7.22. The Bertz CT molecular complexity index is 733. The number of carboxylic acids is 1. The van der Waals surface area contributed by atoms with E-state index < -0.39 is 17.8 Å². The van der Waals surface area contributed by atoms with Gasteiger partial charge >= 0.3 is 5.97 Å². The minimum Gasteiger partial charge on any atom is -0.481 e. The number of hydrogen-bond acceptors (Lipinski definition) is 4. The summed E-state index contributed by atoms with van der Waals surface area (Å²) in [6.07, 6.45) is 2.78.